The van der Waals surface area contributed by atoms with Crippen molar-refractivity contribution in [2.45, 2.75) is 57.3 Å². The smallest absolute Gasteiger partial charge is 0.285 e. The van der Waals surface area contributed by atoms with Crippen molar-refractivity contribution in [2.75, 3.05) is 10.8 Å². The number of benzene rings is 3. The quantitative estimate of drug-likeness (QED) is 0.110. The number of para-hydroxylation sites is 1. The number of rotatable bonds is 14. The molecule has 0 atom stereocenters. The van der Waals surface area contributed by atoms with Crippen LogP contribution in [0.1, 0.15) is 51.5 Å². The number of carbonyl (C=O) groups is 2. The molecule has 0 radical (unpaired) electrons. The molecule has 0 fully saturated rings. The van der Waals surface area contributed by atoms with Crippen LogP contribution in [0.3, 0.4) is 0 Å². The average molecular weight is 623 g/mol. The lowest BCUT2D eigenvalue weighted by molar-refractivity contribution is -0.119. The summed E-state index contributed by atoms with van der Waals surface area (Å²) in [6.45, 7) is 3.70. The summed E-state index contributed by atoms with van der Waals surface area (Å²) in [5.74, 6) is -0.273. The van der Waals surface area contributed by atoms with E-state index in [1.165, 1.54) is 36.4 Å². The number of nitrogens with zero attached hydrogens (tertiary/aromatic N) is 3. The number of hydrogen-bond donors (Lipinski definition) is 2. The van der Waals surface area contributed by atoms with E-state index in [1.54, 1.807) is 36.4 Å². The highest BCUT2D eigenvalue weighted by Crippen LogP contribution is 2.35. The van der Waals surface area contributed by atoms with Crippen molar-refractivity contribution in [3.63, 3.8) is 0 Å². The third-order valence-corrected chi connectivity index (χ3v) is 9.05. The third-order valence-electron chi connectivity index (χ3n) is 7.01. The van der Waals surface area contributed by atoms with E-state index in [1.807, 2.05) is 0 Å². The molecule has 43 heavy (non-hydrogen) atoms. The molecule has 0 aliphatic rings. The van der Waals surface area contributed by atoms with Crippen LogP contribution in [0, 0.1) is 5.92 Å². The maximum atomic E-state index is 13.8. The number of aryl methyl sites for hydroxylation is 1. The normalized spacial score (nSPS) is 11.9. The highest BCUT2D eigenvalue weighted by molar-refractivity contribution is 7.92. The summed E-state index contributed by atoms with van der Waals surface area (Å²) in [6, 6.07) is 19.3. The molecule has 9 nitrogen and oxygen atoms in total. The molecule has 11 heteroatoms. The molecule has 226 valence electrons. The number of aromatic nitrogens is 1. The first-order valence-electron chi connectivity index (χ1n) is 14.2. The van der Waals surface area contributed by atoms with Crippen molar-refractivity contribution in [3.8, 4) is 5.88 Å². The minimum absolute atomic E-state index is 0.0229. The van der Waals surface area contributed by atoms with E-state index in [4.69, 9.17) is 11.6 Å². The maximum Gasteiger partial charge on any atom is 0.285 e. The first-order valence-corrected chi connectivity index (χ1v) is 16.0. The average Bonchev–Trinajstić information content (AvgIpc) is 3.31. The summed E-state index contributed by atoms with van der Waals surface area (Å²) in [5.41, 5.74) is 1.75. The predicted octanol–water partition coefficient (Wildman–Crippen LogP) is 7.75. The van der Waals surface area contributed by atoms with Gasteiger partial charge in [-0.3, -0.25) is 13.9 Å². The fourth-order valence-electron chi connectivity index (χ4n) is 4.64. The summed E-state index contributed by atoms with van der Waals surface area (Å²) >= 11 is 6.02. The van der Waals surface area contributed by atoms with E-state index in [9.17, 15) is 23.1 Å². The number of aromatic hydroxyl groups is 1. The van der Waals surface area contributed by atoms with Crippen molar-refractivity contribution in [1.29, 1.82) is 0 Å². The second-order valence-electron chi connectivity index (χ2n) is 10.8. The second-order valence-corrected chi connectivity index (χ2v) is 13.1. The number of unbranched alkanes of at least 4 members (excludes halogenated alkanes) is 1. The lowest BCUT2D eigenvalue weighted by Gasteiger charge is -2.23. The van der Waals surface area contributed by atoms with Crippen molar-refractivity contribution >= 4 is 55.6 Å². The van der Waals surface area contributed by atoms with E-state index in [2.05, 4.69) is 29.1 Å². The summed E-state index contributed by atoms with van der Waals surface area (Å²) in [6.07, 6.45) is 4.50. The number of H-pyrrole nitrogens is 1. The summed E-state index contributed by atoms with van der Waals surface area (Å²) in [4.78, 5) is 28.0. The molecule has 0 saturated heterocycles. The van der Waals surface area contributed by atoms with Crippen LogP contribution in [-0.4, -0.2) is 36.7 Å². The van der Waals surface area contributed by atoms with E-state index in [-0.39, 0.29) is 27.9 Å². The molecule has 2 N–H and O–H groups in total. The molecule has 1 heterocycles. The molecule has 4 rings (SSSR count). The summed E-state index contributed by atoms with van der Waals surface area (Å²) in [7, 11) is -4.20. The Kier molecular flexibility index (Phi) is 10.7. The number of ketones is 1. The van der Waals surface area contributed by atoms with Gasteiger partial charge in [0, 0.05) is 23.3 Å². The van der Waals surface area contributed by atoms with Crippen LogP contribution >= 0.6 is 11.6 Å². The van der Waals surface area contributed by atoms with Crippen LogP contribution < -0.4 is 4.31 Å². The zero-order valence-electron chi connectivity index (χ0n) is 24.2. The summed E-state index contributed by atoms with van der Waals surface area (Å²) < 4.78 is 28.5. The Hall–Kier alpha value is -4.02. The van der Waals surface area contributed by atoms with Crippen LogP contribution in [0.5, 0.6) is 5.88 Å². The molecule has 0 aliphatic heterocycles. The maximum absolute atomic E-state index is 13.8. The molecule has 3 aromatic carbocycles. The third kappa shape index (κ3) is 8.52. The van der Waals surface area contributed by atoms with Crippen LogP contribution in [0.15, 0.2) is 87.9 Å². The fourth-order valence-corrected chi connectivity index (χ4v) is 6.18. The second kappa shape index (κ2) is 14.4. The number of nitrogens with one attached hydrogen (secondary N) is 1. The Labute approximate surface area is 256 Å². The first-order chi connectivity index (χ1) is 20.5. The van der Waals surface area contributed by atoms with Crippen molar-refractivity contribution in [2.24, 2.45) is 16.1 Å². The number of sulfonamides is 1. The van der Waals surface area contributed by atoms with Crippen LogP contribution in [0.2, 0.25) is 5.02 Å². The largest absolute Gasteiger partial charge is 0.493 e. The Morgan fingerprint density at radius 3 is 2.35 bits per heavy atom. The molecule has 1 aromatic heterocycles. The molecular formula is C32H35ClN4O5S. The van der Waals surface area contributed by atoms with Gasteiger partial charge in [-0.25, -0.2) is 8.42 Å². The zero-order valence-corrected chi connectivity index (χ0v) is 25.7. The number of Topliss-reactive ketones (excluding diaryl/α,β-unsaturated/α-hetero) is 1. The number of halogens is 1. The Morgan fingerprint density at radius 1 is 0.953 bits per heavy atom. The van der Waals surface area contributed by atoms with Gasteiger partial charge in [0.25, 0.3) is 15.9 Å². The molecule has 4 aromatic rings. The van der Waals surface area contributed by atoms with Gasteiger partial charge in [0.1, 0.15) is 12.3 Å². The highest BCUT2D eigenvalue weighted by atomic mass is 35.5. The number of amides is 1. The van der Waals surface area contributed by atoms with Crippen molar-refractivity contribution < 1.29 is 23.1 Å². The Balaban J connectivity index is 1.48. The summed E-state index contributed by atoms with van der Waals surface area (Å²) in [5, 5.41) is 18.8. The van der Waals surface area contributed by atoms with E-state index < -0.39 is 22.5 Å². The van der Waals surface area contributed by atoms with Crippen LogP contribution in [-0.2, 0) is 26.0 Å². The minimum atomic E-state index is -4.20. The molecule has 1 amide bonds. The zero-order chi connectivity index (χ0) is 31.0. The van der Waals surface area contributed by atoms with Gasteiger partial charge in [-0.2, -0.15) is 0 Å². The number of aromatic amines is 1. The van der Waals surface area contributed by atoms with Gasteiger partial charge >= 0.3 is 0 Å². The first kappa shape index (κ1) is 31.9. The minimum Gasteiger partial charge on any atom is -0.493 e. The molecular weight excluding hydrogens is 588 g/mol. The number of fused-ring (bicyclic) bond motifs is 1. The fraction of sp³-hybridized carbons (Fsp3) is 0.312. The standard InChI is InChI=1S/C32H35ClN4O5S/c1-22(2)7-3-4-8-26(38)18-11-23-12-19-27(20-13-23)43(41,42)37(25-16-14-24(33)15-17-25)21-30(39)35-36-31-28-9-5-6-10-29(28)34-32(31)40/h5-6,9-10,12-17,19-20,22,34,40H,3-4,7-8,11,18,21H2,1-2H3. The molecule has 0 spiro atoms. The number of hydrogen-bond acceptors (Lipinski definition) is 6. The van der Waals surface area contributed by atoms with Crippen molar-refractivity contribution in [1.82, 2.24) is 4.98 Å². The van der Waals surface area contributed by atoms with Gasteiger partial charge in [0.05, 0.1) is 16.1 Å². The van der Waals surface area contributed by atoms with E-state index >= 15 is 0 Å². The lowest BCUT2D eigenvalue weighted by atomic mass is 10.0. The van der Waals surface area contributed by atoms with Gasteiger partial charge in [0.2, 0.25) is 5.88 Å². The topological polar surface area (TPSA) is 132 Å². The lowest BCUT2D eigenvalue weighted by Crippen LogP contribution is -2.35. The van der Waals surface area contributed by atoms with Gasteiger partial charge in [-0.05, 0) is 66.8 Å². The van der Waals surface area contributed by atoms with E-state index in [0.717, 1.165) is 29.1 Å². The molecule has 0 bridgehead atoms. The van der Waals surface area contributed by atoms with Crippen LogP contribution in [0.4, 0.5) is 11.4 Å². The van der Waals surface area contributed by atoms with Gasteiger partial charge in [-0.15, -0.1) is 10.2 Å². The number of anilines is 1. The van der Waals surface area contributed by atoms with Gasteiger partial charge in [0.15, 0.2) is 5.69 Å². The molecule has 0 unspecified atom stereocenters. The van der Waals surface area contributed by atoms with Crippen molar-refractivity contribution in [3.05, 3.63) is 83.4 Å². The van der Waals surface area contributed by atoms with Gasteiger partial charge in [-0.1, -0.05) is 68.6 Å². The van der Waals surface area contributed by atoms with Crippen LogP contribution in [0.25, 0.3) is 10.9 Å². The predicted molar refractivity (Wildman–Crippen MR) is 169 cm³/mol. The Morgan fingerprint density at radius 2 is 1.65 bits per heavy atom. The molecule has 0 aliphatic carbocycles. The monoisotopic (exact) mass is 622 g/mol. The Bertz CT molecular complexity index is 1700. The van der Waals surface area contributed by atoms with Gasteiger partial charge < -0.3 is 10.1 Å². The molecule has 0 saturated carbocycles. The number of azo groups is 1. The van der Waals surface area contributed by atoms with E-state index in [0.29, 0.717) is 41.1 Å². The number of carbonyl (C=O) groups excluding carboxylic acids is 2. The highest BCUT2D eigenvalue weighted by Gasteiger charge is 2.27. The SMILES string of the molecule is CC(C)CCCCC(=O)CCc1ccc(S(=O)(=O)N(CC(=O)N=Nc2c(O)[nH]c3ccccc23)c2ccc(Cl)cc2)cc1.